The average Bonchev–Trinajstić information content (AvgIpc) is 3.00. The van der Waals surface area contributed by atoms with Crippen LogP contribution in [0.3, 0.4) is 0 Å². The zero-order valence-corrected chi connectivity index (χ0v) is 20.6. The largest absolute Gasteiger partial charge is 0.395 e. The summed E-state index contributed by atoms with van der Waals surface area (Å²) in [6, 6.07) is -0.918. The van der Waals surface area contributed by atoms with Crippen molar-refractivity contribution in [2.24, 2.45) is 17.3 Å². The van der Waals surface area contributed by atoms with Crippen molar-refractivity contribution in [2.75, 3.05) is 33.3 Å². The highest BCUT2D eigenvalue weighted by Gasteiger charge is 2.72. The van der Waals surface area contributed by atoms with Crippen LogP contribution in [0.2, 0.25) is 0 Å². The number of likely N-dealkylation sites (tertiary alicyclic amines) is 1. The summed E-state index contributed by atoms with van der Waals surface area (Å²) in [6.45, 7) is 11.1. The van der Waals surface area contributed by atoms with Gasteiger partial charge in [0.1, 0.15) is 11.6 Å². The lowest BCUT2D eigenvalue weighted by Crippen LogP contribution is -2.60. The van der Waals surface area contributed by atoms with Gasteiger partial charge in [-0.05, 0) is 25.7 Å². The molecule has 4 heterocycles. The van der Waals surface area contributed by atoms with E-state index in [-0.39, 0.29) is 36.3 Å². The molecule has 8 heteroatoms. The van der Waals surface area contributed by atoms with E-state index in [2.05, 4.69) is 20.8 Å². The second kappa shape index (κ2) is 7.94. The van der Waals surface area contributed by atoms with Gasteiger partial charge in [-0.25, -0.2) is 0 Å². The quantitative estimate of drug-likeness (QED) is 0.638. The van der Waals surface area contributed by atoms with E-state index in [4.69, 9.17) is 4.74 Å². The Labute approximate surface area is 196 Å². The molecule has 1 N–H and O–H groups in total. The zero-order chi connectivity index (χ0) is 24.3. The number of amides is 3. The minimum absolute atomic E-state index is 0.00481. The van der Waals surface area contributed by atoms with Crippen LogP contribution in [0.25, 0.3) is 0 Å². The molecule has 4 aliphatic heterocycles. The van der Waals surface area contributed by atoms with Gasteiger partial charge in [0.2, 0.25) is 17.7 Å². The lowest BCUT2D eigenvalue weighted by Gasteiger charge is -2.44. The van der Waals surface area contributed by atoms with Crippen LogP contribution in [0.4, 0.5) is 0 Å². The molecule has 0 aromatic carbocycles. The molecular weight excluding hydrogens is 422 g/mol. The Kier molecular flexibility index (Phi) is 5.77. The molecule has 0 aliphatic carbocycles. The molecule has 1 spiro atoms. The van der Waals surface area contributed by atoms with Crippen molar-refractivity contribution < 1.29 is 24.2 Å². The van der Waals surface area contributed by atoms with E-state index < -0.39 is 35.1 Å². The molecule has 0 saturated carbocycles. The van der Waals surface area contributed by atoms with Crippen LogP contribution in [0.15, 0.2) is 24.3 Å². The van der Waals surface area contributed by atoms with Crippen molar-refractivity contribution in [1.29, 1.82) is 0 Å². The first-order chi connectivity index (χ1) is 15.3. The summed E-state index contributed by atoms with van der Waals surface area (Å²) in [5.74, 6) is -2.15. The van der Waals surface area contributed by atoms with Crippen LogP contribution in [0, 0.1) is 17.3 Å². The fourth-order valence-electron chi connectivity index (χ4n) is 6.55. The molecule has 2 saturated heterocycles. The summed E-state index contributed by atoms with van der Waals surface area (Å²) in [4.78, 5) is 46.0. The number of hydrogen-bond donors (Lipinski definition) is 1. The number of rotatable bonds is 4. The molecule has 4 aliphatic rings. The zero-order valence-electron chi connectivity index (χ0n) is 20.6. The molecule has 0 bridgehead atoms. The first-order valence-electron chi connectivity index (χ1n) is 11.8. The Morgan fingerprint density at radius 2 is 1.76 bits per heavy atom. The van der Waals surface area contributed by atoms with Gasteiger partial charge < -0.3 is 24.5 Å². The van der Waals surface area contributed by atoms with Crippen molar-refractivity contribution >= 4 is 17.7 Å². The minimum Gasteiger partial charge on any atom is -0.395 e. The van der Waals surface area contributed by atoms with Gasteiger partial charge in [-0.15, -0.1) is 0 Å². The maximum absolute atomic E-state index is 14.2. The molecule has 1 unspecified atom stereocenters. The highest BCUT2D eigenvalue weighted by Crippen LogP contribution is 2.53. The summed E-state index contributed by atoms with van der Waals surface area (Å²) in [7, 11) is 1.72. The second-order valence-electron chi connectivity index (χ2n) is 11.6. The second-order valence-corrected chi connectivity index (χ2v) is 11.6. The van der Waals surface area contributed by atoms with Gasteiger partial charge >= 0.3 is 0 Å². The summed E-state index contributed by atoms with van der Waals surface area (Å²) >= 11 is 0. The lowest BCUT2D eigenvalue weighted by atomic mass is 9.77. The fraction of sp³-hybridized carbons (Fsp3) is 0.720. The predicted molar refractivity (Wildman–Crippen MR) is 123 cm³/mol. The third-order valence-corrected chi connectivity index (χ3v) is 7.39. The number of carbonyl (C=O) groups is 3. The molecule has 5 atom stereocenters. The molecule has 2 fully saturated rings. The van der Waals surface area contributed by atoms with Gasteiger partial charge in [0.15, 0.2) is 0 Å². The number of likely N-dealkylation sites (N-methyl/N-ethyl adjacent to an activating group) is 1. The fourth-order valence-corrected chi connectivity index (χ4v) is 6.55. The summed E-state index contributed by atoms with van der Waals surface area (Å²) in [5.41, 5.74) is -1.70. The Bertz CT molecular complexity index is 904. The van der Waals surface area contributed by atoms with Crippen LogP contribution < -0.4 is 0 Å². The number of fused-ring (bicyclic) bond motifs is 2. The Morgan fingerprint density at radius 3 is 2.39 bits per heavy atom. The number of β-amino-alcohol motifs (C(OH)–C–C–N with tert-alkyl or cyclic N) is 1. The molecule has 0 aromatic rings. The van der Waals surface area contributed by atoms with E-state index in [0.29, 0.717) is 13.1 Å². The van der Waals surface area contributed by atoms with Crippen molar-refractivity contribution in [1.82, 2.24) is 14.7 Å². The van der Waals surface area contributed by atoms with E-state index >= 15 is 0 Å². The van der Waals surface area contributed by atoms with Gasteiger partial charge in [-0.1, -0.05) is 45.1 Å². The summed E-state index contributed by atoms with van der Waals surface area (Å²) in [6.07, 6.45) is 7.69. The summed E-state index contributed by atoms with van der Waals surface area (Å²) in [5, 5.41) is 9.74. The van der Waals surface area contributed by atoms with E-state index in [9.17, 15) is 19.5 Å². The number of hydrogen-bond acceptors (Lipinski definition) is 5. The number of ether oxygens (including phenoxy) is 1. The van der Waals surface area contributed by atoms with Crippen LogP contribution in [-0.4, -0.2) is 94.1 Å². The van der Waals surface area contributed by atoms with E-state index in [1.807, 2.05) is 43.1 Å². The SMILES string of the molecule is CN1CC=C[C@H]2O[C@]34C=CCN(C(C)(C)CC(C)(C)C)C(=O)C3N(CCO)C(=O)[C@@H]4[C@H]2C1=O. The average molecular weight is 460 g/mol. The monoisotopic (exact) mass is 459 g/mol. The standard InChI is InChI=1S/C25H37N3O5/c1-23(2,3)15-24(4,5)28-12-8-10-25-18(21(31)27(13-14-29)19(25)22(28)32)17-16(33-25)9-7-11-26(6)20(17)30/h7-10,16-19,29H,11-15H2,1-6H3/t16-,17+,18+,19?,25+/m1/s1. The highest BCUT2D eigenvalue weighted by atomic mass is 16.5. The molecule has 3 amide bonds. The van der Waals surface area contributed by atoms with Gasteiger partial charge in [0, 0.05) is 32.2 Å². The number of aliphatic hydroxyl groups excluding tert-OH is 1. The predicted octanol–water partition coefficient (Wildman–Crippen LogP) is 1.20. The van der Waals surface area contributed by atoms with E-state index in [1.165, 1.54) is 4.90 Å². The number of nitrogens with zero attached hydrogens (tertiary/aromatic N) is 3. The molecule has 33 heavy (non-hydrogen) atoms. The van der Waals surface area contributed by atoms with Crippen molar-refractivity contribution in [3.8, 4) is 0 Å². The first-order valence-corrected chi connectivity index (χ1v) is 11.8. The topological polar surface area (TPSA) is 90.4 Å². The molecule has 0 radical (unpaired) electrons. The van der Waals surface area contributed by atoms with E-state index in [1.54, 1.807) is 11.9 Å². The van der Waals surface area contributed by atoms with Gasteiger partial charge in [0.05, 0.1) is 24.5 Å². The third kappa shape index (κ3) is 3.71. The van der Waals surface area contributed by atoms with Crippen molar-refractivity contribution in [3.05, 3.63) is 24.3 Å². The van der Waals surface area contributed by atoms with Crippen LogP contribution >= 0.6 is 0 Å². The third-order valence-electron chi connectivity index (χ3n) is 7.39. The highest BCUT2D eigenvalue weighted by molar-refractivity contribution is 6.00. The molecule has 4 rings (SSSR count). The Morgan fingerprint density at radius 1 is 1.06 bits per heavy atom. The van der Waals surface area contributed by atoms with Gasteiger partial charge in [-0.3, -0.25) is 14.4 Å². The maximum atomic E-state index is 14.2. The molecular formula is C25H37N3O5. The summed E-state index contributed by atoms with van der Waals surface area (Å²) < 4.78 is 6.53. The van der Waals surface area contributed by atoms with Crippen LogP contribution in [-0.2, 0) is 19.1 Å². The first kappa shape index (κ1) is 24.0. The smallest absolute Gasteiger partial charge is 0.249 e. The van der Waals surface area contributed by atoms with Crippen LogP contribution in [0.1, 0.15) is 41.0 Å². The van der Waals surface area contributed by atoms with Gasteiger partial charge in [-0.2, -0.15) is 0 Å². The maximum Gasteiger partial charge on any atom is 0.249 e. The van der Waals surface area contributed by atoms with Crippen LogP contribution in [0.5, 0.6) is 0 Å². The molecule has 0 aromatic heterocycles. The number of aliphatic hydroxyl groups is 1. The van der Waals surface area contributed by atoms with Gasteiger partial charge in [0.25, 0.3) is 0 Å². The van der Waals surface area contributed by atoms with E-state index in [0.717, 1.165) is 6.42 Å². The Balaban J connectivity index is 1.80. The number of carbonyl (C=O) groups excluding carboxylic acids is 3. The minimum atomic E-state index is -1.23. The normalized spacial score (nSPS) is 34.4. The van der Waals surface area contributed by atoms with Crippen molar-refractivity contribution in [3.63, 3.8) is 0 Å². The van der Waals surface area contributed by atoms with Crippen molar-refractivity contribution in [2.45, 2.75) is 64.3 Å². The Hall–Kier alpha value is -2.19. The molecule has 8 nitrogen and oxygen atoms in total. The lowest BCUT2D eigenvalue weighted by molar-refractivity contribution is -0.152. The molecule has 182 valence electrons.